The summed E-state index contributed by atoms with van der Waals surface area (Å²) in [6, 6.07) is 10.1. The number of rotatable bonds is 7. The minimum Gasteiger partial charge on any atom is -0.496 e. The molecule has 0 aliphatic heterocycles. The number of aryl methyl sites for hydroxylation is 1. The Morgan fingerprint density at radius 2 is 1.83 bits per heavy atom. The van der Waals surface area contributed by atoms with Crippen molar-refractivity contribution in [3.05, 3.63) is 71.1 Å². The molecule has 0 amide bonds. The van der Waals surface area contributed by atoms with Crippen LogP contribution in [-0.2, 0) is 22.6 Å². The first-order valence-electron chi connectivity index (χ1n) is 9.62. The molecule has 1 fully saturated rings. The lowest BCUT2D eigenvalue weighted by molar-refractivity contribution is -0.151. The number of methoxy groups -OCH3 is 1. The number of aromatic nitrogens is 1. The third-order valence-electron chi connectivity index (χ3n) is 5.38. The van der Waals surface area contributed by atoms with Crippen LogP contribution in [0.15, 0.2) is 46.9 Å². The maximum atomic E-state index is 13.6. The second kappa shape index (κ2) is 7.89. The summed E-state index contributed by atoms with van der Waals surface area (Å²) in [4.78, 5) is 17.1. The van der Waals surface area contributed by atoms with Crippen LogP contribution in [0.2, 0.25) is 0 Å². The van der Waals surface area contributed by atoms with Gasteiger partial charge in [-0.2, -0.15) is 0 Å². The van der Waals surface area contributed by atoms with Gasteiger partial charge in [0.25, 0.3) is 0 Å². The van der Waals surface area contributed by atoms with Crippen LogP contribution in [0, 0.1) is 24.0 Å². The lowest BCUT2D eigenvalue weighted by Gasteiger charge is -2.16. The fourth-order valence-corrected chi connectivity index (χ4v) is 3.42. The monoisotopic (exact) mass is 413 g/mol. The number of hydrogen-bond acceptors (Lipinski definition) is 5. The highest BCUT2D eigenvalue weighted by Crippen LogP contribution is 2.50. The van der Waals surface area contributed by atoms with E-state index in [1.165, 1.54) is 31.4 Å². The predicted molar refractivity (Wildman–Crippen MR) is 105 cm³/mol. The predicted octanol–water partition coefficient (Wildman–Crippen LogP) is 5.00. The first kappa shape index (κ1) is 20.1. The molecule has 2 aromatic carbocycles. The van der Waals surface area contributed by atoms with E-state index in [1.807, 2.05) is 0 Å². The van der Waals surface area contributed by atoms with E-state index in [1.54, 1.807) is 25.1 Å². The Morgan fingerprint density at radius 3 is 2.50 bits per heavy atom. The Labute approximate surface area is 172 Å². The van der Waals surface area contributed by atoms with Crippen LogP contribution < -0.4 is 4.74 Å². The zero-order valence-corrected chi connectivity index (χ0v) is 16.7. The summed E-state index contributed by atoms with van der Waals surface area (Å²) >= 11 is 0. The molecule has 0 spiro atoms. The first-order valence-corrected chi connectivity index (χ1v) is 9.62. The van der Waals surface area contributed by atoms with E-state index in [4.69, 9.17) is 13.9 Å². The van der Waals surface area contributed by atoms with Crippen molar-refractivity contribution in [3.8, 4) is 17.2 Å². The summed E-state index contributed by atoms with van der Waals surface area (Å²) in [5.41, 5.74) is 1.11. The molecule has 1 aliphatic carbocycles. The van der Waals surface area contributed by atoms with Gasteiger partial charge in [0.05, 0.1) is 12.5 Å². The van der Waals surface area contributed by atoms with E-state index in [2.05, 4.69) is 4.98 Å². The first-order chi connectivity index (χ1) is 14.4. The number of ether oxygens (including phenoxy) is 2. The standard InChI is InChI=1S/C23H21F2NO4/c1-14-19(26-21(30-14)15-3-5-17(24)6-4-15)13-29-22(27)23(9-10-23)12-16-11-18(25)7-8-20(16)28-2/h3-8,11H,9-10,12-13H2,1-2H3. The van der Waals surface area contributed by atoms with Gasteiger partial charge in [-0.3, -0.25) is 4.79 Å². The van der Waals surface area contributed by atoms with Crippen molar-refractivity contribution in [2.24, 2.45) is 5.41 Å². The second-order valence-corrected chi connectivity index (χ2v) is 7.52. The number of carbonyl (C=O) groups is 1. The van der Waals surface area contributed by atoms with Gasteiger partial charge in [0.1, 0.15) is 35.4 Å². The van der Waals surface area contributed by atoms with Gasteiger partial charge in [-0.25, -0.2) is 13.8 Å². The zero-order valence-electron chi connectivity index (χ0n) is 16.7. The number of hydrogen-bond donors (Lipinski definition) is 0. The molecule has 1 heterocycles. The Morgan fingerprint density at radius 1 is 1.13 bits per heavy atom. The van der Waals surface area contributed by atoms with E-state index in [9.17, 15) is 13.6 Å². The van der Waals surface area contributed by atoms with Gasteiger partial charge in [-0.15, -0.1) is 0 Å². The van der Waals surface area contributed by atoms with E-state index < -0.39 is 5.41 Å². The van der Waals surface area contributed by atoms with Crippen molar-refractivity contribution in [1.82, 2.24) is 4.98 Å². The van der Waals surface area contributed by atoms with Crippen LogP contribution in [0.5, 0.6) is 5.75 Å². The summed E-state index contributed by atoms with van der Waals surface area (Å²) in [6.07, 6.45) is 1.69. The number of oxazole rings is 1. The van der Waals surface area contributed by atoms with Gasteiger partial charge in [-0.1, -0.05) is 0 Å². The molecule has 156 valence electrons. The van der Waals surface area contributed by atoms with Crippen molar-refractivity contribution in [2.45, 2.75) is 32.8 Å². The summed E-state index contributed by atoms with van der Waals surface area (Å²) in [7, 11) is 1.51. The third kappa shape index (κ3) is 4.06. The largest absolute Gasteiger partial charge is 0.496 e. The van der Waals surface area contributed by atoms with Crippen LogP contribution in [-0.4, -0.2) is 18.1 Å². The highest BCUT2D eigenvalue weighted by molar-refractivity contribution is 5.80. The molecule has 0 unspecified atom stereocenters. The second-order valence-electron chi connectivity index (χ2n) is 7.52. The molecular weight excluding hydrogens is 392 g/mol. The number of esters is 1. The lowest BCUT2D eigenvalue weighted by Crippen LogP contribution is -2.22. The van der Waals surface area contributed by atoms with Crippen LogP contribution in [0.4, 0.5) is 8.78 Å². The Hall–Kier alpha value is -3.22. The van der Waals surface area contributed by atoms with Crippen LogP contribution >= 0.6 is 0 Å². The third-order valence-corrected chi connectivity index (χ3v) is 5.38. The van der Waals surface area contributed by atoms with E-state index >= 15 is 0 Å². The average Bonchev–Trinajstić information content (AvgIpc) is 3.42. The average molecular weight is 413 g/mol. The maximum Gasteiger partial charge on any atom is 0.312 e. The highest BCUT2D eigenvalue weighted by atomic mass is 19.1. The summed E-state index contributed by atoms with van der Waals surface area (Å²) in [5, 5.41) is 0. The van der Waals surface area contributed by atoms with E-state index in [0.717, 1.165) is 0 Å². The molecule has 7 heteroatoms. The Bertz CT molecular complexity index is 1070. The molecule has 1 aromatic heterocycles. The normalized spacial score (nSPS) is 14.4. The van der Waals surface area contributed by atoms with E-state index in [0.29, 0.717) is 53.5 Å². The molecule has 3 aromatic rings. The van der Waals surface area contributed by atoms with Crippen LogP contribution in [0.1, 0.15) is 29.9 Å². The number of benzene rings is 2. The fraction of sp³-hybridized carbons (Fsp3) is 0.304. The van der Waals surface area contributed by atoms with E-state index in [-0.39, 0.29) is 24.2 Å². The molecule has 0 atom stereocenters. The van der Waals surface area contributed by atoms with Crippen molar-refractivity contribution in [3.63, 3.8) is 0 Å². The fourth-order valence-electron chi connectivity index (χ4n) is 3.42. The molecule has 30 heavy (non-hydrogen) atoms. The van der Waals surface area contributed by atoms with Crippen molar-refractivity contribution >= 4 is 5.97 Å². The maximum absolute atomic E-state index is 13.6. The van der Waals surface area contributed by atoms with Crippen molar-refractivity contribution < 1.29 is 27.5 Å². The van der Waals surface area contributed by atoms with Gasteiger partial charge in [0.2, 0.25) is 5.89 Å². The smallest absolute Gasteiger partial charge is 0.312 e. The summed E-state index contributed by atoms with van der Waals surface area (Å²) in [5.74, 6) is 0.344. The SMILES string of the molecule is COc1ccc(F)cc1CC1(C(=O)OCc2nc(-c3ccc(F)cc3)oc2C)CC1. The molecule has 0 bridgehead atoms. The van der Waals surface area contributed by atoms with Crippen LogP contribution in [0.3, 0.4) is 0 Å². The Balaban J connectivity index is 1.44. The molecule has 5 nitrogen and oxygen atoms in total. The topological polar surface area (TPSA) is 61.6 Å². The molecular formula is C23H21F2NO4. The minimum atomic E-state index is -0.668. The number of carbonyl (C=O) groups excluding carboxylic acids is 1. The highest BCUT2D eigenvalue weighted by Gasteiger charge is 2.51. The number of halogens is 2. The minimum absolute atomic E-state index is 0.0304. The zero-order chi connectivity index (χ0) is 21.3. The summed E-state index contributed by atoms with van der Waals surface area (Å²) in [6.45, 7) is 1.70. The lowest BCUT2D eigenvalue weighted by atomic mass is 9.96. The summed E-state index contributed by atoms with van der Waals surface area (Å²) < 4.78 is 43.2. The molecule has 1 aliphatic rings. The van der Waals surface area contributed by atoms with Gasteiger partial charge in [0, 0.05) is 5.56 Å². The van der Waals surface area contributed by atoms with Gasteiger partial charge >= 0.3 is 5.97 Å². The van der Waals surface area contributed by atoms with Gasteiger partial charge in [0.15, 0.2) is 0 Å². The molecule has 1 saturated carbocycles. The van der Waals surface area contributed by atoms with Crippen LogP contribution in [0.25, 0.3) is 11.5 Å². The van der Waals surface area contributed by atoms with Crippen molar-refractivity contribution in [1.29, 1.82) is 0 Å². The molecule has 0 saturated heterocycles. The molecule has 0 radical (unpaired) electrons. The molecule has 0 N–H and O–H groups in total. The number of nitrogens with zero attached hydrogens (tertiary/aromatic N) is 1. The van der Waals surface area contributed by atoms with Gasteiger partial charge in [-0.05, 0) is 74.2 Å². The Kier molecular flexibility index (Phi) is 5.28. The molecule has 4 rings (SSSR count). The van der Waals surface area contributed by atoms with Crippen molar-refractivity contribution in [2.75, 3.05) is 7.11 Å². The quantitative estimate of drug-likeness (QED) is 0.510. The van der Waals surface area contributed by atoms with Gasteiger partial charge < -0.3 is 13.9 Å².